The molecule has 3 aromatic rings. The van der Waals surface area contributed by atoms with Crippen LogP contribution in [0.15, 0.2) is 83.8 Å². The van der Waals surface area contributed by atoms with Crippen LogP contribution in [0.1, 0.15) is 18.1 Å². The number of carbonyl (C=O) groups is 2. The van der Waals surface area contributed by atoms with Crippen LogP contribution in [0.2, 0.25) is 0 Å². The monoisotopic (exact) mass is 509 g/mol. The molecule has 0 aliphatic heterocycles. The van der Waals surface area contributed by atoms with E-state index in [1.54, 1.807) is 49.4 Å². The number of anilines is 1. The van der Waals surface area contributed by atoms with Crippen LogP contribution in [0.5, 0.6) is 5.75 Å². The number of amides is 2. The third kappa shape index (κ3) is 6.04. The van der Waals surface area contributed by atoms with Crippen LogP contribution in [0.25, 0.3) is 0 Å². The Morgan fingerprint density at radius 2 is 1.64 bits per heavy atom. The van der Waals surface area contributed by atoms with Gasteiger partial charge in [0.2, 0.25) is 11.8 Å². The van der Waals surface area contributed by atoms with Crippen molar-refractivity contribution in [3.05, 3.63) is 90.0 Å². The quantitative estimate of drug-likeness (QED) is 0.452. The highest BCUT2D eigenvalue weighted by atomic mass is 32.2. The predicted molar refractivity (Wildman–Crippen MR) is 139 cm³/mol. The standard InChI is InChI=1S/C27H31N3O5S/c1-20-11-8-9-12-22(20)18-29(21(2)27(32)28-3)26(31)19-30(23-13-10-14-24(17-23)35-4)36(33,34)25-15-6-5-7-16-25/h5-17,21H,18-19H2,1-4H3,(H,28,32). The number of ether oxygens (including phenoxy) is 1. The van der Waals surface area contributed by atoms with Gasteiger partial charge < -0.3 is 15.0 Å². The topological polar surface area (TPSA) is 96.0 Å². The van der Waals surface area contributed by atoms with Crippen LogP contribution in [0.4, 0.5) is 5.69 Å². The van der Waals surface area contributed by atoms with E-state index < -0.39 is 28.5 Å². The second kappa shape index (κ2) is 11.7. The maximum atomic E-state index is 13.7. The number of sulfonamides is 1. The van der Waals surface area contributed by atoms with Gasteiger partial charge in [-0.3, -0.25) is 13.9 Å². The molecule has 9 heteroatoms. The van der Waals surface area contributed by atoms with Gasteiger partial charge >= 0.3 is 0 Å². The SMILES string of the molecule is CNC(=O)C(C)N(Cc1ccccc1C)C(=O)CN(c1cccc(OC)c1)S(=O)(=O)c1ccccc1. The molecule has 0 bridgehead atoms. The normalized spacial score (nSPS) is 11.9. The van der Waals surface area contributed by atoms with E-state index in [9.17, 15) is 18.0 Å². The van der Waals surface area contributed by atoms with E-state index in [2.05, 4.69) is 5.32 Å². The Morgan fingerprint density at radius 1 is 0.972 bits per heavy atom. The highest BCUT2D eigenvalue weighted by Gasteiger charge is 2.32. The Hall–Kier alpha value is -3.85. The zero-order chi connectivity index (χ0) is 26.3. The highest BCUT2D eigenvalue weighted by molar-refractivity contribution is 7.92. The minimum atomic E-state index is -4.11. The van der Waals surface area contributed by atoms with E-state index in [4.69, 9.17) is 4.74 Å². The number of benzene rings is 3. The lowest BCUT2D eigenvalue weighted by Gasteiger charge is -2.32. The summed E-state index contributed by atoms with van der Waals surface area (Å²) < 4.78 is 33.7. The smallest absolute Gasteiger partial charge is 0.264 e. The maximum Gasteiger partial charge on any atom is 0.264 e. The Labute approximate surface area is 212 Å². The van der Waals surface area contributed by atoms with Crippen molar-refractivity contribution in [1.29, 1.82) is 0 Å². The van der Waals surface area contributed by atoms with Gasteiger partial charge in [-0.05, 0) is 49.2 Å². The number of rotatable bonds is 10. The number of likely N-dealkylation sites (N-methyl/N-ethyl adjacent to an activating group) is 1. The number of methoxy groups -OCH3 is 1. The van der Waals surface area contributed by atoms with Crippen molar-refractivity contribution >= 4 is 27.5 Å². The number of hydrogen-bond acceptors (Lipinski definition) is 5. The van der Waals surface area contributed by atoms with Crippen LogP contribution in [0, 0.1) is 6.92 Å². The van der Waals surface area contributed by atoms with Crippen molar-refractivity contribution in [2.75, 3.05) is 25.0 Å². The molecule has 0 saturated heterocycles. The average molecular weight is 510 g/mol. The van der Waals surface area contributed by atoms with Gasteiger partial charge in [0.05, 0.1) is 17.7 Å². The van der Waals surface area contributed by atoms with Gasteiger partial charge in [-0.25, -0.2) is 8.42 Å². The first kappa shape index (κ1) is 26.7. The van der Waals surface area contributed by atoms with Gasteiger partial charge in [-0.2, -0.15) is 0 Å². The summed E-state index contributed by atoms with van der Waals surface area (Å²) >= 11 is 0. The van der Waals surface area contributed by atoms with Crippen molar-refractivity contribution < 1.29 is 22.7 Å². The summed E-state index contributed by atoms with van der Waals surface area (Å²) in [5.41, 5.74) is 2.09. The Kier molecular flexibility index (Phi) is 8.71. The molecule has 0 heterocycles. The molecule has 0 spiro atoms. The molecule has 1 atom stereocenters. The van der Waals surface area contributed by atoms with Crippen LogP contribution < -0.4 is 14.4 Å². The highest BCUT2D eigenvalue weighted by Crippen LogP contribution is 2.27. The number of hydrogen-bond donors (Lipinski definition) is 1. The van der Waals surface area contributed by atoms with Crippen molar-refractivity contribution in [3.63, 3.8) is 0 Å². The molecule has 36 heavy (non-hydrogen) atoms. The first-order valence-corrected chi connectivity index (χ1v) is 12.9. The summed E-state index contributed by atoms with van der Waals surface area (Å²) in [5.74, 6) is -0.420. The van der Waals surface area contributed by atoms with E-state index in [1.807, 2.05) is 31.2 Å². The first-order valence-electron chi connectivity index (χ1n) is 11.5. The zero-order valence-corrected chi connectivity index (χ0v) is 21.7. The molecular weight excluding hydrogens is 478 g/mol. The molecule has 0 aromatic heterocycles. The van der Waals surface area contributed by atoms with Crippen molar-refractivity contribution in [2.24, 2.45) is 0 Å². The van der Waals surface area contributed by atoms with E-state index >= 15 is 0 Å². The molecular formula is C27H31N3O5S. The molecule has 0 aliphatic rings. The maximum absolute atomic E-state index is 13.7. The fourth-order valence-corrected chi connectivity index (χ4v) is 5.20. The molecule has 190 valence electrons. The minimum absolute atomic E-state index is 0.0467. The number of carbonyl (C=O) groups excluding carboxylic acids is 2. The third-order valence-corrected chi connectivity index (χ3v) is 7.76. The summed E-state index contributed by atoms with van der Waals surface area (Å²) in [4.78, 5) is 27.7. The second-order valence-corrected chi connectivity index (χ2v) is 10.1. The Balaban J connectivity index is 2.05. The van der Waals surface area contributed by atoms with Gasteiger partial charge in [0.25, 0.3) is 10.0 Å². The molecule has 0 saturated carbocycles. The molecule has 1 N–H and O–H groups in total. The minimum Gasteiger partial charge on any atom is -0.497 e. The summed E-state index contributed by atoms with van der Waals surface area (Å²) in [6.45, 7) is 3.19. The lowest BCUT2D eigenvalue weighted by Crippen LogP contribution is -2.50. The first-order chi connectivity index (χ1) is 17.2. The van der Waals surface area contributed by atoms with Gasteiger partial charge in [0.1, 0.15) is 18.3 Å². The Morgan fingerprint density at radius 3 is 2.28 bits per heavy atom. The molecule has 8 nitrogen and oxygen atoms in total. The van der Waals surface area contributed by atoms with Crippen molar-refractivity contribution in [1.82, 2.24) is 10.2 Å². The third-order valence-electron chi connectivity index (χ3n) is 5.97. The van der Waals surface area contributed by atoms with E-state index in [1.165, 1.54) is 31.2 Å². The molecule has 0 aliphatic carbocycles. The summed E-state index contributed by atoms with van der Waals surface area (Å²) in [5, 5.41) is 2.58. The lowest BCUT2D eigenvalue weighted by molar-refractivity contribution is -0.139. The number of aryl methyl sites for hydroxylation is 1. The molecule has 3 aromatic carbocycles. The number of nitrogens with zero attached hydrogens (tertiary/aromatic N) is 2. The van der Waals surface area contributed by atoms with Gasteiger partial charge in [-0.1, -0.05) is 48.5 Å². The molecule has 0 radical (unpaired) electrons. The van der Waals surface area contributed by atoms with Crippen LogP contribution >= 0.6 is 0 Å². The van der Waals surface area contributed by atoms with Gasteiger partial charge in [0.15, 0.2) is 0 Å². The summed E-state index contributed by atoms with van der Waals surface area (Å²) in [7, 11) is -1.13. The largest absolute Gasteiger partial charge is 0.497 e. The van der Waals surface area contributed by atoms with Gasteiger partial charge in [0, 0.05) is 19.7 Å². The lowest BCUT2D eigenvalue weighted by atomic mass is 10.1. The Bertz CT molecular complexity index is 1310. The van der Waals surface area contributed by atoms with Crippen LogP contribution in [-0.2, 0) is 26.2 Å². The van der Waals surface area contributed by atoms with Crippen LogP contribution in [-0.4, -0.2) is 51.9 Å². The fourth-order valence-electron chi connectivity index (χ4n) is 3.78. The van der Waals surface area contributed by atoms with E-state index in [-0.39, 0.29) is 23.0 Å². The molecule has 1 unspecified atom stereocenters. The summed E-state index contributed by atoms with van der Waals surface area (Å²) in [6.07, 6.45) is 0. The molecule has 3 rings (SSSR count). The molecule has 0 fully saturated rings. The van der Waals surface area contributed by atoms with Crippen molar-refractivity contribution in [2.45, 2.75) is 31.3 Å². The predicted octanol–water partition coefficient (Wildman–Crippen LogP) is 3.36. The van der Waals surface area contributed by atoms with E-state index in [0.717, 1.165) is 15.4 Å². The molecule has 2 amide bonds. The summed E-state index contributed by atoms with van der Waals surface area (Å²) in [6, 6.07) is 21.2. The van der Waals surface area contributed by atoms with Crippen molar-refractivity contribution in [3.8, 4) is 5.75 Å². The van der Waals surface area contributed by atoms with E-state index in [0.29, 0.717) is 5.75 Å². The second-order valence-electron chi connectivity index (χ2n) is 8.26. The fraction of sp³-hybridized carbons (Fsp3) is 0.259. The van der Waals surface area contributed by atoms with Crippen LogP contribution in [0.3, 0.4) is 0 Å². The zero-order valence-electron chi connectivity index (χ0n) is 20.8. The number of nitrogens with one attached hydrogen (secondary N) is 1. The van der Waals surface area contributed by atoms with Gasteiger partial charge in [-0.15, -0.1) is 0 Å². The average Bonchev–Trinajstić information content (AvgIpc) is 2.90.